The van der Waals surface area contributed by atoms with Gasteiger partial charge in [-0.3, -0.25) is 0 Å². The number of hydrogen-bond donors (Lipinski definition) is 3. The van der Waals surface area contributed by atoms with Crippen molar-refractivity contribution in [3.63, 3.8) is 0 Å². The van der Waals surface area contributed by atoms with Crippen molar-refractivity contribution in [1.82, 2.24) is 20.0 Å². The molecular weight excluding hydrogens is 292 g/mol. The summed E-state index contributed by atoms with van der Waals surface area (Å²) in [5.41, 5.74) is 0.821. The Morgan fingerprint density at radius 3 is 2.81 bits per heavy atom. The largest absolute Gasteiger partial charge is 0.444 e. The van der Waals surface area contributed by atoms with Crippen molar-refractivity contribution in [2.45, 2.75) is 38.3 Å². The molecule has 7 nitrogen and oxygen atoms in total. The zero-order valence-corrected chi connectivity index (χ0v) is 13.0. The maximum absolute atomic E-state index is 12.1. The Balaban J connectivity index is 1.99. The molecule has 0 amide bonds. The van der Waals surface area contributed by atoms with Gasteiger partial charge >= 0.3 is 0 Å². The van der Waals surface area contributed by atoms with Gasteiger partial charge in [-0.15, -0.1) is 0 Å². The van der Waals surface area contributed by atoms with Crippen LogP contribution in [0.15, 0.2) is 27.8 Å². The van der Waals surface area contributed by atoms with Gasteiger partial charge in [0.1, 0.15) is 5.76 Å². The summed E-state index contributed by atoms with van der Waals surface area (Å²) >= 11 is 0. The Morgan fingerprint density at radius 1 is 1.33 bits per heavy atom. The third kappa shape index (κ3) is 4.16. The van der Waals surface area contributed by atoms with Crippen LogP contribution in [0, 0.1) is 0 Å². The smallest absolute Gasteiger partial charge is 0.242 e. The normalized spacial score (nSPS) is 11.9. The Morgan fingerprint density at radius 2 is 2.14 bits per heavy atom. The van der Waals surface area contributed by atoms with E-state index < -0.39 is 10.0 Å². The van der Waals surface area contributed by atoms with E-state index in [-0.39, 0.29) is 11.4 Å². The van der Waals surface area contributed by atoms with Crippen molar-refractivity contribution in [1.29, 1.82) is 0 Å². The number of H-pyrrole nitrogens is 1. The molecule has 0 aliphatic heterocycles. The van der Waals surface area contributed by atoms with E-state index in [1.165, 1.54) is 6.20 Å². The summed E-state index contributed by atoms with van der Waals surface area (Å²) < 4.78 is 32.1. The van der Waals surface area contributed by atoms with E-state index in [0.29, 0.717) is 12.4 Å². The van der Waals surface area contributed by atoms with Gasteiger partial charge in [0, 0.05) is 24.9 Å². The lowest BCUT2D eigenvalue weighted by Crippen LogP contribution is -2.23. The molecule has 0 fully saturated rings. The van der Waals surface area contributed by atoms with Gasteiger partial charge in [0.05, 0.1) is 17.6 Å². The van der Waals surface area contributed by atoms with E-state index in [2.05, 4.69) is 20.0 Å². The van der Waals surface area contributed by atoms with E-state index in [0.717, 1.165) is 24.4 Å². The molecule has 2 rings (SSSR count). The Kier molecular flexibility index (Phi) is 5.16. The standard InChI is InChI=1S/C13H20N4O3S/c1-3-11-7-16-13(20-11)9-17-21(18,19)12-5-10(15-8-12)6-14-4-2/h5,7-8,14-15,17H,3-4,6,9H2,1-2H3. The number of aryl methyl sites for hydroxylation is 1. The molecule has 0 spiro atoms. The average Bonchev–Trinajstić information content (AvgIpc) is 3.12. The fourth-order valence-electron chi connectivity index (χ4n) is 1.77. The third-order valence-electron chi connectivity index (χ3n) is 2.96. The number of oxazole rings is 1. The fourth-order valence-corrected chi connectivity index (χ4v) is 2.76. The van der Waals surface area contributed by atoms with Crippen molar-refractivity contribution in [2.75, 3.05) is 6.54 Å². The molecule has 0 aromatic carbocycles. The number of sulfonamides is 1. The van der Waals surface area contributed by atoms with Crippen molar-refractivity contribution in [3.05, 3.63) is 35.8 Å². The molecule has 0 bridgehead atoms. The van der Waals surface area contributed by atoms with Crippen LogP contribution < -0.4 is 10.0 Å². The lowest BCUT2D eigenvalue weighted by molar-refractivity contribution is 0.452. The number of nitrogens with one attached hydrogen (secondary N) is 3. The van der Waals surface area contributed by atoms with Gasteiger partial charge in [0.25, 0.3) is 0 Å². The number of aromatic nitrogens is 2. The first kappa shape index (κ1) is 15.7. The molecule has 2 heterocycles. The minimum Gasteiger partial charge on any atom is -0.444 e. The highest BCUT2D eigenvalue weighted by Crippen LogP contribution is 2.12. The molecule has 0 unspecified atom stereocenters. The molecule has 0 aliphatic carbocycles. The first-order valence-corrected chi connectivity index (χ1v) is 8.34. The molecule has 0 saturated carbocycles. The van der Waals surface area contributed by atoms with Crippen LogP contribution in [0.1, 0.15) is 31.2 Å². The van der Waals surface area contributed by atoms with Gasteiger partial charge in [-0.05, 0) is 12.6 Å². The molecule has 2 aromatic rings. The van der Waals surface area contributed by atoms with Gasteiger partial charge in [-0.1, -0.05) is 13.8 Å². The second-order valence-corrected chi connectivity index (χ2v) is 6.31. The molecule has 116 valence electrons. The molecular formula is C13H20N4O3S. The van der Waals surface area contributed by atoms with Crippen molar-refractivity contribution >= 4 is 10.0 Å². The highest BCUT2D eigenvalue weighted by atomic mass is 32.2. The molecule has 8 heteroatoms. The van der Waals surface area contributed by atoms with Crippen molar-refractivity contribution in [3.8, 4) is 0 Å². The minimum absolute atomic E-state index is 0.0378. The van der Waals surface area contributed by atoms with E-state index in [4.69, 9.17) is 4.42 Å². The zero-order valence-electron chi connectivity index (χ0n) is 12.1. The average molecular weight is 312 g/mol. The fraction of sp³-hybridized carbons (Fsp3) is 0.462. The lowest BCUT2D eigenvalue weighted by Gasteiger charge is -2.02. The zero-order chi connectivity index (χ0) is 15.3. The summed E-state index contributed by atoms with van der Waals surface area (Å²) in [6.07, 6.45) is 3.81. The van der Waals surface area contributed by atoms with Gasteiger partial charge in [-0.2, -0.15) is 0 Å². The lowest BCUT2D eigenvalue weighted by atomic mass is 10.4. The van der Waals surface area contributed by atoms with E-state index in [1.54, 1.807) is 12.3 Å². The van der Waals surface area contributed by atoms with Gasteiger partial charge in [0.2, 0.25) is 15.9 Å². The summed E-state index contributed by atoms with van der Waals surface area (Å²) in [6, 6.07) is 1.61. The Labute approximate surface area is 124 Å². The predicted octanol–water partition coefficient (Wildman–Crippen LogP) is 1.15. The summed E-state index contributed by atoms with van der Waals surface area (Å²) in [5.74, 6) is 1.10. The first-order valence-electron chi connectivity index (χ1n) is 6.86. The van der Waals surface area contributed by atoms with Crippen molar-refractivity contribution in [2.24, 2.45) is 0 Å². The molecule has 0 saturated heterocycles. The van der Waals surface area contributed by atoms with Crippen LogP contribution in [0.5, 0.6) is 0 Å². The number of aromatic amines is 1. The van der Waals surface area contributed by atoms with E-state index in [1.807, 2.05) is 13.8 Å². The second kappa shape index (κ2) is 6.88. The molecule has 0 radical (unpaired) electrons. The third-order valence-corrected chi connectivity index (χ3v) is 4.34. The highest BCUT2D eigenvalue weighted by molar-refractivity contribution is 7.89. The summed E-state index contributed by atoms with van der Waals surface area (Å²) in [7, 11) is -3.57. The number of rotatable bonds is 8. The summed E-state index contributed by atoms with van der Waals surface area (Å²) in [6.45, 7) is 5.40. The minimum atomic E-state index is -3.57. The van der Waals surface area contributed by atoms with E-state index in [9.17, 15) is 8.42 Å². The summed E-state index contributed by atoms with van der Waals surface area (Å²) in [4.78, 5) is 7.16. The predicted molar refractivity (Wildman–Crippen MR) is 78.1 cm³/mol. The second-order valence-electron chi connectivity index (χ2n) is 4.54. The van der Waals surface area contributed by atoms with Crippen LogP contribution in [0.3, 0.4) is 0 Å². The highest BCUT2D eigenvalue weighted by Gasteiger charge is 2.17. The maximum Gasteiger partial charge on any atom is 0.242 e. The van der Waals surface area contributed by atoms with Crippen LogP contribution in [0.2, 0.25) is 0 Å². The SMILES string of the molecule is CCNCc1cc(S(=O)(=O)NCc2ncc(CC)o2)c[nH]1. The molecule has 3 N–H and O–H groups in total. The molecule has 21 heavy (non-hydrogen) atoms. The quantitative estimate of drug-likeness (QED) is 0.679. The van der Waals surface area contributed by atoms with Crippen LogP contribution in [0.25, 0.3) is 0 Å². The van der Waals surface area contributed by atoms with Crippen LogP contribution in [0.4, 0.5) is 0 Å². The van der Waals surface area contributed by atoms with Crippen LogP contribution in [-0.2, 0) is 29.5 Å². The maximum atomic E-state index is 12.1. The van der Waals surface area contributed by atoms with Gasteiger partial charge < -0.3 is 14.7 Å². The monoisotopic (exact) mass is 312 g/mol. The number of hydrogen-bond acceptors (Lipinski definition) is 5. The topological polar surface area (TPSA) is 100 Å². The van der Waals surface area contributed by atoms with Crippen LogP contribution >= 0.6 is 0 Å². The molecule has 0 atom stereocenters. The van der Waals surface area contributed by atoms with Gasteiger partial charge in [-0.25, -0.2) is 18.1 Å². The van der Waals surface area contributed by atoms with Crippen molar-refractivity contribution < 1.29 is 12.8 Å². The number of nitrogens with zero attached hydrogens (tertiary/aromatic N) is 1. The van der Waals surface area contributed by atoms with Crippen LogP contribution in [-0.4, -0.2) is 24.9 Å². The Hall–Kier alpha value is -1.64. The molecule has 2 aromatic heterocycles. The summed E-state index contributed by atoms with van der Waals surface area (Å²) in [5, 5.41) is 3.12. The first-order chi connectivity index (χ1) is 10.0. The van der Waals surface area contributed by atoms with Gasteiger partial charge in [0.15, 0.2) is 0 Å². The van der Waals surface area contributed by atoms with E-state index >= 15 is 0 Å². The Bertz CT molecular complexity index is 675. The molecule has 0 aliphatic rings.